The Morgan fingerprint density at radius 3 is 2.76 bits per heavy atom. The Kier molecular flexibility index (Phi) is 3.15. The van der Waals surface area contributed by atoms with Crippen molar-refractivity contribution in [3.63, 3.8) is 0 Å². The van der Waals surface area contributed by atoms with E-state index in [1.54, 1.807) is 16.8 Å². The first kappa shape index (κ1) is 11.7. The van der Waals surface area contributed by atoms with E-state index in [0.29, 0.717) is 11.6 Å². The summed E-state index contributed by atoms with van der Waals surface area (Å²) >= 11 is 6.03. The highest BCUT2D eigenvalue weighted by molar-refractivity contribution is 6.31. The zero-order valence-corrected chi connectivity index (χ0v) is 9.98. The van der Waals surface area contributed by atoms with Gasteiger partial charge in [-0.05, 0) is 30.7 Å². The summed E-state index contributed by atoms with van der Waals surface area (Å²) in [4.78, 5) is 10.7. The summed E-state index contributed by atoms with van der Waals surface area (Å²) in [5.41, 5.74) is 1.97. The molecule has 1 heterocycles. The molecule has 4 nitrogen and oxygen atoms in total. The van der Waals surface area contributed by atoms with E-state index < -0.39 is 5.97 Å². The van der Waals surface area contributed by atoms with Crippen LogP contribution in [0, 0.1) is 6.92 Å². The third-order valence-corrected chi connectivity index (χ3v) is 2.76. The average molecular weight is 251 g/mol. The first-order valence-corrected chi connectivity index (χ1v) is 5.46. The SMILES string of the molecule is Cc1ccn(Cc2ccc(C(=O)O)cc2Cl)n1. The highest BCUT2D eigenvalue weighted by atomic mass is 35.5. The molecule has 0 unspecified atom stereocenters. The van der Waals surface area contributed by atoms with Gasteiger partial charge in [0.2, 0.25) is 0 Å². The van der Waals surface area contributed by atoms with Gasteiger partial charge in [-0.3, -0.25) is 4.68 Å². The molecule has 0 spiro atoms. The number of hydrogen-bond acceptors (Lipinski definition) is 2. The van der Waals surface area contributed by atoms with E-state index in [0.717, 1.165) is 11.3 Å². The first-order chi connectivity index (χ1) is 8.06. The van der Waals surface area contributed by atoms with Gasteiger partial charge in [0.05, 0.1) is 17.8 Å². The molecule has 0 saturated heterocycles. The van der Waals surface area contributed by atoms with Gasteiger partial charge in [0.1, 0.15) is 0 Å². The van der Waals surface area contributed by atoms with Gasteiger partial charge in [0, 0.05) is 11.2 Å². The maximum absolute atomic E-state index is 10.7. The number of benzene rings is 1. The molecule has 88 valence electrons. The molecule has 1 aromatic heterocycles. The number of aromatic carboxylic acids is 1. The molecule has 17 heavy (non-hydrogen) atoms. The Hall–Kier alpha value is -1.81. The van der Waals surface area contributed by atoms with Crippen LogP contribution in [0.4, 0.5) is 0 Å². The van der Waals surface area contributed by atoms with Crippen molar-refractivity contribution in [2.24, 2.45) is 0 Å². The first-order valence-electron chi connectivity index (χ1n) is 5.08. The molecule has 1 aromatic carbocycles. The minimum Gasteiger partial charge on any atom is -0.478 e. The van der Waals surface area contributed by atoms with Gasteiger partial charge in [-0.25, -0.2) is 4.79 Å². The van der Waals surface area contributed by atoms with E-state index >= 15 is 0 Å². The Balaban J connectivity index is 2.25. The molecule has 2 rings (SSSR count). The van der Waals surface area contributed by atoms with Crippen LogP contribution < -0.4 is 0 Å². The summed E-state index contributed by atoms with van der Waals surface area (Å²) in [5.74, 6) is -0.978. The molecule has 0 saturated carbocycles. The van der Waals surface area contributed by atoms with Gasteiger partial charge in [-0.2, -0.15) is 5.10 Å². The van der Waals surface area contributed by atoms with E-state index in [1.165, 1.54) is 6.07 Å². The van der Waals surface area contributed by atoms with Crippen molar-refractivity contribution in [2.75, 3.05) is 0 Å². The fourth-order valence-corrected chi connectivity index (χ4v) is 1.77. The highest BCUT2D eigenvalue weighted by Gasteiger charge is 2.07. The van der Waals surface area contributed by atoms with Crippen molar-refractivity contribution in [2.45, 2.75) is 13.5 Å². The number of nitrogens with zero attached hydrogens (tertiary/aromatic N) is 2. The van der Waals surface area contributed by atoms with Crippen LogP contribution in [0.15, 0.2) is 30.5 Å². The Labute approximate surface area is 103 Å². The summed E-state index contributed by atoms with van der Waals surface area (Å²) in [6.07, 6.45) is 1.86. The number of aromatic nitrogens is 2. The van der Waals surface area contributed by atoms with Gasteiger partial charge < -0.3 is 5.11 Å². The zero-order valence-electron chi connectivity index (χ0n) is 9.22. The predicted molar refractivity (Wildman–Crippen MR) is 64.5 cm³/mol. The van der Waals surface area contributed by atoms with Crippen LogP contribution in [0.1, 0.15) is 21.6 Å². The van der Waals surface area contributed by atoms with Crippen LogP contribution in [0.5, 0.6) is 0 Å². The van der Waals surface area contributed by atoms with Crippen molar-refractivity contribution in [3.05, 3.63) is 52.3 Å². The normalized spacial score (nSPS) is 10.5. The zero-order chi connectivity index (χ0) is 12.4. The van der Waals surface area contributed by atoms with Crippen molar-refractivity contribution in [1.82, 2.24) is 9.78 Å². The number of carboxylic acids is 1. The molecule has 0 radical (unpaired) electrons. The van der Waals surface area contributed by atoms with Crippen LogP contribution in [-0.4, -0.2) is 20.9 Å². The Morgan fingerprint density at radius 2 is 2.24 bits per heavy atom. The van der Waals surface area contributed by atoms with Crippen molar-refractivity contribution >= 4 is 17.6 Å². The fourth-order valence-electron chi connectivity index (χ4n) is 1.53. The van der Waals surface area contributed by atoms with E-state index in [4.69, 9.17) is 16.7 Å². The molecular weight excluding hydrogens is 240 g/mol. The standard InChI is InChI=1S/C12H11ClN2O2/c1-8-4-5-15(14-8)7-10-3-2-9(12(16)17)6-11(10)13/h2-6H,7H2,1H3,(H,16,17). The molecular formula is C12H11ClN2O2. The summed E-state index contributed by atoms with van der Waals surface area (Å²) in [5, 5.41) is 13.5. The maximum atomic E-state index is 10.7. The summed E-state index contributed by atoms with van der Waals surface area (Å²) in [6, 6.07) is 6.61. The molecule has 5 heteroatoms. The van der Waals surface area contributed by atoms with Crippen molar-refractivity contribution < 1.29 is 9.90 Å². The van der Waals surface area contributed by atoms with Gasteiger partial charge in [-0.1, -0.05) is 17.7 Å². The second-order valence-electron chi connectivity index (χ2n) is 3.77. The minimum atomic E-state index is -0.978. The van der Waals surface area contributed by atoms with E-state index in [-0.39, 0.29) is 5.56 Å². The molecule has 1 N–H and O–H groups in total. The monoisotopic (exact) mass is 250 g/mol. The van der Waals surface area contributed by atoms with E-state index in [1.807, 2.05) is 19.2 Å². The van der Waals surface area contributed by atoms with Crippen LogP contribution >= 0.6 is 11.6 Å². The third-order valence-electron chi connectivity index (χ3n) is 2.41. The molecule has 0 bridgehead atoms. The van der Waals surface area contributed by atoms with E-state index in [9.17, 15) is 4.79 Å². The Morgan fingerprint density at radius 1 is 1.47 bits per heavy atom. The van der Waals surface area contributed by atoms with Crippen molar-refractivity contribution in [1.29, 1.82) is 0 Å². The molecule has 0 aliphatic carbocycles. The van der Waals surface area contributed by atoms with Gasteiger partial charge in [0.15, 0.2) is 0 Å². The van der Waals surface area contributed by atoms with Gasteiger partial charge in [-0.15, -0.1) is 0 Å². The quantitative estimate of drug-likeness (QED) is 0.911. The second kappa shape index (κ2) is 4.59. The average Bonchev–Trinajstić information content (AvgIpc) is 2.67. The summed E-state index contributed by atoms with van der Waals surface area (Å²) in [6.45, 7) is 2.44. The van der Waals surface area contributed by atoms with Gasteiger partial charge >= 0.3 is 5.97 Å². The smallest absolute Gasteiger partial charge is 0.335 e. The Bertz CT molecular complexity index is 563. The second-order valence-corrected chi connectivity index (χ2v) is 4.17. The molecule has 0 atom stereocenters. The molecule has 0 aliphatic heterocycles. The topological polar surface area (TPSA) is 55.1 Å². The number of halogens is 1. The van der Waals surface area contributed by atoms with Crippen LogP contribution in [0.2, 0.25) is 5.02 Å². The summed E-state index contributed by atoms with van der Waals surface area (Å²) < 4.78 is 1.76. The molecule has 0 aliphatic rings. The number of carboxylic acid groups (broad SMARTS) is 1. The lowest BCUT2D eigenvalue weighted by atomic mass is 10.1. The predicted octanol–water partition coefficient (Wildman–Crippen LogP) is 2.59. The van der Waals surface area contributed by atoms with Crippen molar-refractivity contribution in [3.8, 4) is 0 Å². The largest absolute Gasteiger partial charge is 0.478 e. The molecule has 0 amide bonds. The molecule has 2 aromatic rings. The number of rotatable bonds is 3. The molecule has 0 fully saturated rings. The lowest BCUT2D eigenvalue weighted by Gasteiger charge is -2.05. The van der Waals surface area contributed by atoms with Crippen LogP contribution in [0.25, 0.3) is 0 Å². The lowest BCUT2D eigenvalue weighted by Crippen LogP contribution is -2.03. The number of aryl methyl sites for hydroxylation is 1. The third kappa shape index (κ3) is 2.65. The number of carbonyl (C=O) groups is 1. The minimum absolute atomic E-state index is 0.190. The number of hydrogen-bond donors (Lipinski definition) is 1. The highest BCUT2D eigenvalue weighted by Crippen LogP contribution is 2.19. The van der Waals surface area contributed by atoms with Crippen LogP contribution in [0.3, 0.4) is 0 Å². The lowest BCUT2D eigenvalue weighted by molar-refractivity contribution is 0.0697. The van der Waals surface area contributed by atoms with Gasteiger partial charge in [0.25, 0.3) is 0 Å². The summed E-state index contributed by atoms with van der Waals surface area (Å²) in [7, 11) is 0. The van der Waals surface area contributed by atoms with Crippen LogP contribution in [-0.2, 0) is 6.54 Å². The fraction of sp³-hybridized carbons (Fsp3) is 0.167. The maximum Gasteiger partial charge on any atom is 0.335 e. The van der Waals surface area contributed by atoms with E-state index in [2.05, 4.69) is 5.10 Å².